The maximum atomic E-state index is 6.47. The molecule has 0 amide bonds. The van der Waals surface area contributed by atoms with Gasteiger partial charge >= 0.3 is 0 Å². The number of fused-ring (bicyclic) bond motifs is 9. The SMILES string of the molecule is C[NH+]1C(c2ccccc2)C=C(c2ccc3c(c2)sc2ccccc23)NC1N1c2ccccc2C2C=CC(c3cccc(-c4cccc5c4oc4ccccc45)c3)=CC21. The lowest BCUT2D eigenvalue weighted by Crippen LogP contribution is -3.18. The van der Waals surface area contributed by atoms with Crippen LogP contribution in [0.2, 0.25) is 0 Å². The van der Waals surface area contributed by atoms with Crippen molar-refractivity contribution in [2.75, 3.05) is 11.9 Å². The van der Waals surface area contributed by atoms with Crippen LogP contribution in [0.15, 0.2) is 193 Å². The van der Waals surface area contributed by atoms with E-state index in [-0.39, 0.29) is 24.3 Å². The Hall–Kier alpha value is -6.66. The molecule has 2 aliphatic heterocycles. The smallest absolute Gasteiger partial charge is 0.243 e. The molecular weight excluding hydrogens is 727 g/mol. The van der Waals surface area contributed by atoms with Crippen LogP contribution < -0.4 is 15.1 Å². The quantitative estimate of drug-likeness (QED) is 0.183. The van der Waals surface area contributed by atoms with E-state index in [0.29, 0.717) is 0 Å². The van der Waals surface area contributed by atoms with Crippen molar-refractivity contribution in [2.45, 2.75) is 24.3 Å². The minimum Gasteiger partial charge on any atom is -0.455 e. The molecule has 3 aliphatic rings. The molecule has 2 N–H and O–H groups in total. The number of thiophene rings is 1. The summed E-state index contributed by atoms with van der Waals surface area (Å²) in [4.78, 5) is 4.05. The van der Waals surface area contributed by atoms with Crippen molar-refractivity contribution in [3.63, 3.8) is 0 Å². The molecule has 0 fully saturated rings. The Kier molecular flexibility index (Phi) is 7.62. The van der Waals surface area contributed by atoms with Gasteiger partial charge in [-0.15, -0.1) is 11.3 Å². The Bertz CT molecular complexity index is 3170. The summed E-state index contributed by atoms with van der Waals surface area (Å²) in [6.45, 7) is 0. The highest BCUT2D eigenvalue weighted by atomic mass is 32.1. The first-order valence-corrected chi connectivity index (χ1v) is 21.0. The van der Waals surface area contributed by atoms with E-state index in [1.165, 1.54) is 64.3 Å². The van der Waals surface area contributed by atoms with E-state index in [4.69, 9.17) is 4.42 Å². The number of likely N-dealkylation sites (N-methyl/N-ethyl adjacent to an activating group) is 1. The number of furan rings is 1. The summed E-state index contributed by atoms with van der Waals surface area (Å²) in [7, 11) is 2.35. The molecule has 7 aromatic carbocycles. The standard InChI is InChI=1S/C53H39N3OS/c1-55-47(33-13-3-2-4-14-33)32-45(37-26-28-43-42-19-7-10-24-50(42)58-51(43)31-37)54-53(55)56-46-22-8-5-17-39(46)40-27-25-35(30-48(40)56)34-15-11-16-36(29-34)38-20-12-21-44-41-18-6-9-23-49(41)57-52(38)44/h2-32,40,47-48,53-54H,1H3/p+1. The zero-order valence-corrected chi connectivity index (χ0v) is 32.8. The fourth-order valence-corrected chi connectivity index (χ4v) is 11.0. The lowest BCUT2D eigenvalue weighted by molar-refractivity contribution is -0.934. The van der Waals surface area contributed by atoms with E-state index in [1.807, 2.05) is 17.4 Å². The number of hydrogen-bond donors (Lipinski definition) is 2. The molecule has 58 heavy (non-hydrogen) atoms. The first-order chi connectivity index (χ1) is 28.7. The van der Waals surface area contributed by atoms with Crippen molar-refractivity contribution in [3.05, 3.63) is 210 Å². The molecule has 0 radical (unpaired) electrons. The maximum Gasteiger partial charge on any atom is 0.243 e. The molecule has 4 heterocycles. The van der Waals surface area contributed by atoms with Crippen LogP contribution in [0.1, 0.15) is 34.2 Å². The first kappa shape index (κ1) is 33.5. The highest BCUT2D eigenvalue weighted by molar-refractivity contribution is 7.25. The molecule has 2 aromatic heterocycles. The van der Waals surface area contributed by atoms with E-state index in [2.05, 4.69) is 199 Å². The number of hydrogen-bond acceptors (Lipinski definition) is 4. The van der Waals surface area contributed by atoms with Crippen LogP contribution in [0.25, 0.3) is 64.5 Å². The number of quaternary nitrogens is 1. The minimum atomic E-state index is -0.0412. The Morgan fingerprint density at radius 1 is 0.621 bits per heavy atom. The second-order valence-corrected chi connectivity index (χ2v) is 17.0. The summed E-state index contributed by atoms with van der Waals surface area (Å²) in [5, 5.41) is 9.08. The van der Waals surface area contributed by atoms with Crippen LogP contribution in [-0.2, 0) is 0 Å². The largest absolute Gasteiger partial charge is 0.455 e. The molecule has 4 nitrogen and oxygen atoms in total. The van der Waals surface area contributed by atoms with Crippen LogP contribution in [0.5, 0.6) is 0 Å². The third-order valence-corrected chi connectivity index (χ3v) is 13.8. The Labute approximate surface area is 341 Å². The molecule has 0 saturated carbocycles. The Morgan fingerprint density at radius 2 is 1.38 bits per heavy atom. The van der Waals surface area contributed by atoms with Gasteiger partial charge in [0, 0.05) is 65.4 Å². The number of allylic oxidation sites excluding steroid dienone is 2. The normalized spacial score (nSPS) is 21.3. The summed E-state index contributed by atoms with van der Waals surface area (Å²) in [5.41, 5.74) is 12.9. The fraction of sp³-hybridized carbons (Fsp3) is 0.0943. The third kappa shape index (κ3) is 5.24. The number of benzene rings is 7. The maximum absolute atomic E-state index is 6.47. The zero-order chi connectivity index (χ0) is 38.3. The number of rotatable bonds is 5. The van der Waals surface area contributed by atoms with Gasteiger partial charge in [0.1, 0.15) is 17.2 Å². The van der Waals surface area contributed by atoms with Gasteiger partial charge in [0.15, 0.2) is 0 Å². The van der Waals surface area contributed by atoms with Crippen LogP contribution in [0, 0.1) is 0 Å². The van der Waals surface area contributed by atoms with Gasteiger partial charge in [0.05, 0.1) is 13.1 Å². The second kappa shape index (κ2) is 13.2. The Morgan fingerprint density at radius 3 is 2.31 bits per heavy atom. The average Bonchev–Trinajstić information content (AvgIpc) is 3.96. The average molecular weight is 767 g/mol. The lowest BCUT2D eigenvalue weighted by atomic mass is 9.86. The molecule has 0 saturated heterocycles. The predicted molar refractivity (Wildman–Crippen MR) is 242 cm³/mol. The molecule has 278 valence electrons. The van der Waals surface area contributed by atoms with E-state index < -0.39 is 0 Å². The van der Waals surface area contributed by atoms with Crippen LogP contribution in [0.3, 0.4) is 0 Å². The topological polar surface area (TPSA) is 32.9 Å². The van der Waals surface area contributed by atoms with E-state index in [0.717, 1.165) is 33.1 Å². The van der Waals surface area contributed by atoms with E-state index >= 15 is 0 Å². The summed E-state index contributed by atoms with van der Waals surface area (Å²) >= 11 is 1.88. The molecular formula is C53H40N3OS+. The number of nitrogens with one attached hydrogen (secondary N) is 2. The van der Waals surface area contributed by atoms with Gasteiger partial charge in [-0.25, -0.2) is 0 Å². The molecule has 0 spiro atoms. The molecule has 5 heteroatoms. The van der Waals surface area contributed by atoms with Crippen molar-refractivity contribution in [3.8, 4) is 11.1 Å². The monoisotopic (exact) mass is 766 g/mol. The summed E-state index contributed by atoms with van der Waals surface area (Å²) in [6.07, 6.45) is 9.70. The number of nitrogens with zero attached hydrogens (tertiary/aromatic N) is 1. The van der Waals surface area contributed by atoms with E-state index in [1.54, 1.807) is 0 Å². The minimum absolute atomic E-state index is 0.0412. The van der Waals surface area contributed by atoms with Crippen molar-refractivity contribution in [2.24, 2.45) is 0 Å². The summed E-state index contributed by atoms with van der Waals surface area (Å²) in [6, 6.07) is 59.8. The van der Waals surface area contributed by atoms with Gasteiger partial charge in [0.2, 0.25) is 6.29 Å². The molecule has 12 rings (SSSR count). The van der Waals surface area contributed by atoms with Crippen molar-refractivity contribution in [1.82, 2.24) is 5.32 Å². The van der Waals surface area contributed by atoms with Crippen molar-refractivity contribution >= 4 is 70.4 Å². The van der Waals surface area contributed by atoms with Gasteiger partial charge in [-0.3, -0.25) is 9.80 Å². The van der Waals surface area contributed by atoms with Gasteiger partial charge in [-0.2, -0.15) is 0 Å². The lowest BCUT2D eigenvalue weighted by Gasteiger charge is -2.44. The highest BCUT2D eigenvalue weighted by Crippen LogP contribution is 2.47. The first-order valence-electron chi connectivity index (χ1n) is 20.2. The molecule has 0 bridgehead atoms. The van der Waals surface area contributed by atoms with Crippen molar-refractivity contribution < 1.29 is 9.32 Å². The fourth-order valence-electron chi connectivity index (χ4n) is 9.87. The van der Waals surface area contributed by atoms with Crippen LogP contribution in [-0.4, -0.2) is 19.4 Å². The summed E-state index contributed by atoms with van der Waals surface area (Å²) < 4.78 is 9.12. The third-order valence-electron chi connectivity index (χ3n) is 12.7. The second-order valence-electron chi connectivity index (χ2n) is 15.9. The van der Waals surface area contributed by atoms with Crippen LogP contribution >= 0.6 is 11.3 Å². The van der Waals surface area contributed by atoms with Gasteiger partial charge < -0.3 is 9.73 Å². The predicted octanol–water partition coefficient (Wildman–Crippen LogP) is 11.7. The van der Waals surface area contributed by atoms with Crippen LogP contribution in [0.4, 0.5) is 5.69 Å². The van der Waals surface area contributed by atoms with Crippen molar-refractivity contribution in [1.29, 1.82) is 0 Å². The number of para-hydroxylation sites is 3. The molecule has 5 unspecified atom stereocenters. The number of anilines is 1. The molecule has 9 aromatic rings. The van der Waals surface area contributed by atoms with Gasteiger partial charge in [0.25, 0.3) is 0 Å². The summed E-state index contributed by atoms with van der Waals surface area (Å²) in [5.74, 6) is 0.237. The molecule has 1 aliphatic carbocycles. The van der Waals surface area contributed by atoms with E-state index in [9.17, 15) is 0 Å². The van der Waals surface area contributed by atoms with Gasteiger partial charge in [-0.1, -0.05) is 152 Å². The van der Waals surface area contributed by atoms with Gasteiger partial charge in [-0.05, 0) is 58.2 Å². The zero-order valence-electron chi connectivity index (χ0n) is 32.0. The molecule has 5 atom stereocenters. The highest BCUT2D eigenvalue weighted by Gasteiger charge is 2.46. The Balaban J connectivity index is 0.954.